The Hall–Kier alpha value is -2.06. The van der Waals surface area contributed by atoms with Crippen molar-refractivity contribution in [2.75, 3.05) is 32.7 Å². The summed E-state index contributed by atoms with van der Waals surface area (Å²) in [5, 5.41) is 4.46. The van der Waals surface area contributed by atoms with E-state index in [1.807, 2.05) is 24.6 Å². The van der Waals surface area contributed by atoms with Crippen LogP contribution in [0.3, 0.4) is 0 Å². The quantitative estimate of drug-likeness (QED) is 0.741. The maximum atomic E-state index is 12.9. The van der Waals surface area contributed by atoms with Crippen molar-refractivity contribution in [1.29, 1.82) is 0 Å². The van der Waals surface area contributed by atoms with Crippen LogP contribution in [0.1, 0.15) is 33.7 Å². The Morgan fingerprint density at radius 1 is 1.07 bits per heavy atom. The molecule has 160 valence electrons. The molecule has 0 atom stereocenters. The zero-order valence-electron chi connectivity index (χ0n) is 16.6. The lowest BCUT2D eigenvalue weighted by Crippen LogP contribution is -2.36. The van der Waals surface area contributed by atoms with Gasteiger partial charge >= 0.3 is 6.18 Å². The van der Waals surface area contributed by atoms with Crippen molar-refractivity contribution in [2.45, 2.75) is 33.0 Å². The van der Waals surface area contributed by atoms with Crippen LogP contribution in [0.25, 0.3) is 0 Å². The zero-order chi connectivity index (χ0) is 20.3. The van der Waals surface area contributed by atoms with Crippen molar-refractivity contribution in [3.05, 3.63) is 52.8 Å². The number of alkyl halides is 3. The highest BCUT2D eigenvalue weighted by molar-refractivity contribution is 5.94. The number of rotatable bonds is 4. The van der Waals surface area contributed by atoms with Crippen molar-refractivity contribution in [3.8, 4) is 0 Å². The Labute approximate surface area is 174 Å². The molecule has 0 N–H and O–H groups in total. The molecule has 1 saturated heterocycles. The van der Waals surface area contributed by atoms with Crippen molar-refractivity contribution < 1.29 is 18.0 Å². The van der Waals surface area contributed by atoms with E-state index in [4.69, 9.17) is 0 Å². The van der Waals surface area contributed by atoms with Gasteiger partial charge in [0.1, 0.15) is 0 Å². The first-order chi connectivity index (χ1) is 13.2. The molecule has 1 aliphatic heterocycles. The van der Waals surface area contributed by atoms with Gasteiger partial charge in [-0.05, 0) is 51.1 Å². The summed E-state index contributed by atoms with van der Waals surface area (Å²) in [5.74, 6) is -0.341. The third-order valence-electron chi connectivity index (χ3n) is 5.04. The highest BCUT2D eigenvalue weighted by Crippen LogP contribution is 2.29. The molecule has 3 rings (SSSR count). The normalized spacial score (nSPS) is 15.7. The van der Waals surface area contributed by atoms with Gasteiger partial charge in [-0.3, -0.25) is 14.4 Å². The van der Waals surface area contributed by atoms with Crippen LogP contribution in [-0.2, 0) is 12.7 Å². The Morgan fingerprint density at radius 3 is 2.48 bits per heavy atom. The van der Waals surface area contributed by atoms with Gasteiger partial charge in [-0.1, -0.05) is 6.07 Å². The van der Waals surface area contributed by atoms with Gasteiger partial charge in [0.05, 0.1) is 17.8 Å². The van der Waals surface area contributed by atoms with Crippen LogP contribution in [-0.4, -0.2) is 58.2 Å². The highest BCUT2D eigenvalue weighted by atomic mass is 35.5. The number of aromatic nitrogens is 2. The first-order valence-corrected chi connectivity index (χ1v) is 9.44. The van der Waals surface area contributed by atoms with Crippen molar-refractivity contribution in [2.24, 2.45) is 0 Å². The number of aryl methyl sites for hydroxylation is 2. The molecule has 29 heavy (non-hydrogen) atoms. The van der Waals surface area contributed by atoms with Crippen molar-refractivity contribution in [3.63, 3.8) is 0 Å². The van der Waals surface area contributed by atoms with Gasteiger partial charge in [-0.25, -0.2) is 0 Å². The molecule has 0 spiro atoms. The molecule has 1 amide bonds. The van der Waals surface area contributed by atoms with Gasteiger partial charge in [0.15, 0.2) is 0 Å². The van der Waals surface area contributed by atoms with E-state index in [9.17, 15) is 18.0 Å². The zero-order valence-corrected chi connectivity index (χ0v) is 17.4. The van der Waals surface area contributed by atoms with Crippen molar-refractivity contribution >= 4 is 18.3 Å². The predicted molar refractivity (Wildman–Crippen MR) is 107 cm³/mol. The van der Waals surface area contributed by atoms with E-state index in [-0.39, 0.29) is 23.9 Å². The fourth-order valence-electron chi connectivity index (χ4n) is 3.55. The summed E-state index contributed by atoms with van der Waals surface area (Å²) in [6.07, 6.45) is -3.66. The fourth-order valence-corrected chi connectivity index (χ4v) is 3.55. The molecule has 0 bridgehead atoms. The molecule has 1 aromatic heterocycles. The number of amides is 1. The molecule has 2 aromatic rings. The average Bonchev–Trinajstić information content (AvgIpc) is 2.84. The topological polar surface area (TPSA) is 41.4 Å². The molecule has 5 nitrogen and oxygen atoms in total. The summed E-state index contributed by atoms with van der Waals surface area (Å²) in [4.78, 5) is 16.6. The molecule has 0 saturated carbocycles. The third-order valence-corrected chi connectivity index (χ3v) is 5.04. The smallest absolute Gasteiger partial charge is 0.337 e. The SMILES string of the molecule is Cc1cc(C)n(CCN2CCCN(C(=O)c3cccc(C(F)(F)F)c3)CC2)n1.Cl. The molecule has 1 aliphatic rings. The molecule has 9 heteroatoms. The number of carbonyl (C=O) groups is 1. The van der Waals surface area contributed by atoms with Gasteiger partial charge in [0.2, 0.25) is 0 Å². The number of carbonyl (C=O) groups excluding carboxylic acids is 1. The van der Waals surface area contributed by atoms with E-state index in [1.165, 1.54) is 12.1 Å². The number of halogens is 4. The van der Waals surface area contributed by atoms with Gasteiger partial charge in [-0.2, -0.15) is 18.3 Å². The Morgan fingerprint density at radius 2 is 1.83 bits per heavy atom. The maximum Gasteiger partial charge on any atom is 0.416 e. The van der Waals surface area contributed by atoms with Gasteiger partial charge in [0.25, 0.3) is 5.91 Å². The Bertz CT molecular complexity index is 837. The Kier molecular flexibility index (Phi) is 7.71. The lowest BCUT2D eigenvalue weighted by Gasteiger charge is -2.22. The molecule has 1 aromatic carbocycles. The second-order valence-electron chi connectivity index (χ2n) is 7.22. The third kappa shape index (κ3) is 5.96. The molecule has 0 unspecified atom stereocenters. The number of hydrogen-bond acceptors (Lipinski definition) is 3. The van der Waals surface area contributed by atoms with Crippen LogP contribution >= 0.6 is 12.4 Å². The summed E-state index contributed by atoms with van der Waals surface area (Å²) < 4.78 is 40.7. The highest BCUT2D eigenvalue weighted by Gasteiger charge is 2.31. The number of benzene rings is 1. The largest absolute Gasteiger partial charge is 0.416 e. The van der Waals surface area contributed by atoms with Gasteiger partial charge < -0.3 is 4.90 Å². The lowest BCUT2D eigenvalue weighted by atomic mass is 10.1. The van der Waals surface area contributed by atoms with Crippen LogP contribution < -0.4 is 0 Å². The minimum absolute atomic E-state index is 0. The van der Waals surface area contributed by atoms with Crippen LogP contribution in [0.15, 0.2) is 30.3 Å². The fraction of sp³-hybridized carbons (Fsp3) is 0.500. The van der Waals surface area contributed by atoms with E-state index >= 15 is 0 Å². The number of hydrogen-bond donors (Lipinski definition) is 0. The maximum absolute atomic E-state index is 12.9. The molecule has 0 aliphatic carbocycles. The van der Waals surface area contributed by atoms with Crippen LogP contribution in [0.4, 0.5) is 13.2 Å². The van der Waals surface area contributed by atoms with Gasteiger partial charge in [0, 0.05) is 37.4 Å². The molecule has 0 radical (unpaired) electrons. The summed E-state index contributed by atoms with van der Waals surface area (Å²) in [6, 6.07) is 6.70. The predicted octanol–water partition coefficient (Wildman–Crippen LogP) is 3.79. The average molecular weight is 431 g/mol. The van der Waals surface area contributed by atoms with E-state index < -0.39 is 11.7 Å². The van der Waals surface area contributed by atoms with E-state index in [1.54, 1.807) is 4.90 Å². The van der Waals surface area contributed by atoms with E-state index in [0.717, 1.165) is 49.6 Å². The van der Waals surface area contributed by atoms with Crippen molar-refractivity contribution in [1.82, 2.24) is 19.6 Å². The van der Waals surface area contributed by atoms with E-state index in [0.29, 0.717) is 19.6 Å². The summed E-state index contributed by atoms with van der Waals surface area (Å²) in [7, 11) is 0. The standard InChI is InChI=1S/C20H25F3N4O.ClH/c1-15-13-16(2)27(24-15)12-10-25-7-4-8-26(11-9-25)19(28)17-5-3-6-18(14-17)20(21,22)23;/h3,5-6,13-14H,4,7-12H2,1-2H3;1H. The van der Waals surface area contributed by atoms with Crippen LogP contribution in [0.5, 0.6) is 0 Å². The monoisotopic (exact) mass is 430 g/mol. The Balaban J connectivity index is 0.00000300. The lowest BCUT2D eigenvalue weighted by molar-refractivity contribution is -0.137. The molecule has 1 fully saturated rings. The van der Waals surface area contributed by atoms with Gasteiger partial charge in [-0.15, -0.1) is 12.4 Å². The number of nitrogens with zero attached hydrogens (tertiary/aromatic N) is 4. The van der Waals surface area contributed by atoms with E-state index in [2.05, 4.69) is 10.00 Å². The second kappa shape index (κ2) is 9.63. The summed E-state index contributed by atoms with van der Waals surface area (Å²) in [5.41, 5.74) is 1.41. The minimum Gasteiger partial charge on any atom is -0.337 e. The molecular formula is C20H26ClF3N4O. The first-order valence-electron chi connectivity index (χ1n) is 9.44. The molecule has 2 heterocycles. The van der Waals surface area contributed by atoms with Crippen LogP contribution in [0, 0.1) is 13.8 Å². The second-order valence-corrected chi connectivity index (χ2v) is 7.22. The summed E-state index contributed by atoms with van der Waals surface area (Å²) >= 11 is 0. The summed E-state index contributed by atoms with van der Waals surface area (Å²) in [6.45, 7) is 8.20. The minimum atomic E-state index is -4.45. The molecular weight excluding hydrogens is 405 g/mol. The first kappa shape index (κ1) is 23.2. The van der Waals surface area contributed by atoms with Crippen LogP contribution in [0.2, 0.25) is 0 Å².